The maximum Gasteiger partial charge on any atom is 0.140 e. The zero-order chi connectivity index (χ0) is 75.9. The van der Waals surface area contributed by atoms with Crippen LogP contribution in [-0.2, 0) is 6.42 Å². The second-order valence-electron chi connectivity index (χ2n) is 29.6. The van der Waals surface area contributed by atoms with Gasteiger partial charge >= 0.3 is 0 Å². The molecular weight excluding hydrogens is 1390 g/mol. The van der Waals surface area contributed by atoms with Crippen LogP contribution in [-0.4, -0.2) is 29.9 Å². The van der Waals surface area contributed by atoms with Gasteiger partial charge in [-0.25, -0.2) is 15.0 Å². The van der Waals surface area contributed by atoms with E-state index >= 15 is 0 Å². The van der Waals surface area contributed by atoms with Gasteiger partial charge in [0.2, 0.25) is 0 Å². The Morgan fingerprint density at radius 2 is 0.570 bits per heavy atom. The molecule has 0 amide bonds. The highest BCUT2D eigenvalue weighted by Gasteiger charge is 2.26. The summed E-state index contributed by atoms with van der Waals surface area (Å²) in [5, 5.41) is 20.4. The molecule has 0 aliphatic rings. The van der Waals surface area contributed by atoms with Crippen LogP contribution in [0.5, 0.6) is 0 Å². The van der Waals surface area contributed by atoms with Gasteiger partial charge in [-0.05, 0) is 224 Å². The van der Waals surface area contributed by atoms with Crippen LogP contribution in [0.25, 0.3) is 176 Å². The maximum atomic E-state index is 5.80. The lowest BCUT2D eigenvalue weighted by molar-refractivity contribution is 1.06. The first-order valence-corrected chi connectivity index (χ1v) is 39.0. The number of pyridine rings is 6. The molecule has 0 fully saturated rings. The summed E-state index contributed by atoms with van der Waals surface area (Å²) in [5.41, 5.74) is 19.9. The third-order valence-electron chi connectivity index (χ3n) is 23.0. The number of nitrogens with zero attached hydrogens (tertiary/aromatic N) is 8. The number of hydrogen-bond acceptors (Lipinski definition) is 8. The molecule has 0 atom stereocenters. The summed E-state index contributed by atoms with van der Waals surface area (Å²) in [7, 11) is 0. The highest BCUT2D eigenvalue weighted by Crippen LogP contribution is 2.48. The summed E-state index contributed by atoms with van der Waals surface area (Å²) in [6.07, 6.45) is 6.68. The normalized spacial score (nSPS) is 11.7. The molecule has 0 bridgehead atoms. The predicted molar refractivity (Wildman–Crippen MR) is 477 cm³/mol. The second-order valence-corrected chi connectivity index (χ2v) is 29.6. The number of fused-ring (bicyclic) bond motifs is 9. The van der Waals surface area contributed by atoms with E-state index in [-0.39, 0.29) is 0 Å². The Labute approximate surface area is 659 Å². The van der Waals surface area contributed by atoms with E-state index in [0.717, 1.165) is 216 Å². The van der Waals surface area contributed by atoms with E-state index < -0.39 is 0 Å². The lowest BCUT2D eigenvalue weighted by Gasteiger charge is -2.27. The Bertz CT molecular complexity index is 7210. The molecule has 536 valence electrons. The van der Waals surface area contributed by atoms with Gasteiger partial charge < -0.3 is 4.90 Å². The average Bonchev–Trinajstić information content (AvgIpc) is 0.738. The zero-order valence-electron chi connectivity index (χ0n) is 63.0. The number of rotatable bonds is 14. The molecule has 114 heavy (non-hydrogen) atoms. The molecule has 21 rings (SSSR count). The Morgan fingerprint density at radius 3 is 1.01 bits per heavy atom. The Morgan fingerprint density at radius 1 is 0.237 bits per heavy atom. The molecule has 0 unspecified atom stereocenters. The average molecular weight is 1460 g/mol. The van der Waals surface area contributed by atoms with Crippen molar-refractivity contribution in [1.82, 2.24) is 29.9 Å². The first kappa shape index (κ1) is 67.3. The van der Waals surface area contributed by atoms with E-state index in [0.29, 0.717) is 17.5 Å². The minimum atomic E-state index is 0.694. The van der Waals surface area contributed by atoms with Gasteiger partial charge in [-0.3, -0.25) is 19.9 Å². The summed E-state index contributed by atoms with van der Waals surface area (Å²) < 4.78 is 0. The molecule has 8 nitrogen and oxygen atoms in total. The molecule has 0 saturated heterocycles. The van der Waals surface area contributed by atoms with Crippen molar-refractivity contribution in [1.29, 1.82) is 0 Å². The van der Waals surface area contributed by atoms with Crippen molar-refractivity contribution in [2.24, 2.45) is 0 Å². The summed E-state index contributed by atoms with van der Waals surface area (Å²) in [4.78, 5) is 37.5. The van der Waals surface area contributed by atoms with Gasteiger partial charge in [0, 0.05) is 69.0 Å². The topological polar surface area (TPSA) is 83.8 Å². The van der Waals surface area contributed by atoms with Crippen LogP contribution >= 0.6 is 0 Å². The largest absolute Gasteiger partial charge is 0.310 e. The van der Waals surface area contributed by atoms with Crippen molar-refractivity contribution in [3.05, 3.63) is 387 Å². The monoisotopic (exact) mass is 1460 g/mol. The second kappa shape index (κ2) is 27.9. The fourth-order valence-corrected chi connectivity index (χ4v) is 17.5. The molecule has 0 spiro atoms. The van der Waals surface area contributed by atoms with Crippen LogP contribution in [0.4, 0.5) is 34.5 Å². The molecule has 8 heteroatoms. The van der Waals surface area contributed by atoms with Crippen LogP contribution in [0.2, 0.25) is 0 Å². The van der Waals surface area contributed by atoms with Crippen molar-refractivity contribution >= 4 is 131 Å². The molecule has 0 aliphatic heterocycles. The SMILES string of the molecule is CCc1ccc(N(c2ccc(C)c(-c3cccc4ccccc34)n2)c2ccc(C)c(-c3ccc(-c4ccc5cc6ccccc6c(-c6cc(N(c7ccnc(-c8c9ccccc9cc9ccccc89)c7)c7ccnc(-c8c9ccccc9cc9ccccc89)c7)ccn6)c5c4)c4ccccc34)n2)nc1-c1cccc2ccccc12. The van der Waals surface area contributed by atoms with Crippen molar-refractivity contribution in [3.8, 4) is 78.7 Å². The smallest absolute Gasteiger partial charge is 0.140 e. The van der Waals surface area contributed by atoms with Gasteiger partial charge in [0.25, 0.3) is 0 Å². The molecule has 0 saturated carbocycles. The third kappa shape index (κ3) is 11.6. The van der Waals surface area contributed by atoms with Crippen molar-refractivity contribution in [2.75, 3.05) is 9.80 Å². The highest BCUT2D eigenvalue weighted by molar-refractivity contribution is 6.17. The Balaban J connectivity index is 0.713. The molecule has 0 radical (unpaired) electrons. The minimum absolute atomic E-state index is 0.694. The number of anilines is 6. The van der Waals surface area contributed by atoms with Crippen LogP contribution < -0.4 is 9.80 Å². The van der Waals surface area contributed by atoms with Crippen LogP contribution in [0.15, 0.2) is 370 Å². The van der Waals surface area contributed by atoms with E-state index in [2.05, 4.69) is 382 Å². The molecule has 0 aliphatic carbocycles. The van der Waals surface area contributed by atoms with Gasteiger partial charge in [-0.2, -0.15) is 0 Å². The summed E-state index contributed by atoms with van der Waals surface area (Å²) >= 11 is 0. The van der Waals surface area contributed by atoms with Crippen molar-refractivity contribution in [3.63, 3.8) is 0 Å². The minimum Gasteiger partial charge on any atom is -0.310 e. The molecule has 15 aromatic carbocycles. The Hall–Kier alpha value is -14.9. The van der Waals surface area contributed by atoms with E-state index in [1.54, 1.807) is 0 Å². The fourth-order valence-electron chi connectivity index (χ4n) is 17.5. The highest BCUT2D eigenvalue weighted by atomic mass is 15.3. The lowest BCUT2D eigenvalue weighted by atomic mass is 9.89. The van der Waals surface area contributed by atoms with Crippen LogP contribution in [0, 0.1) is 13.8 Å². The van der Waals surface area contributed by atoms with Gasteiger partial charge in [0.15, 0.2) is 0 Å². The maximum absolute atomic E-state index is 5.80. The summed E-state index contributed by atoms with van der Waals surface area (Å²) in [6, 6.07) is 127. The van der Waals surface area contributed by atoms with Gasteiger partial charge in [-0.1, -0.05) is 280 Å². The first-order chi connectivity index (χ1) is 56.3. The van der Waals surface area contributed by atoms with E-state index in [1.165, 1.54) is 0 Å². The zero-order valence-corrected chi connectivity index (χ0v) is 63.0. The number of aromatic nitrogens is 6. The predicted octanol–water partition coefficient (Wildman–Crippen LogP) is 28.2. The van der Waals surface area contributed by atoms with Crippen molar-refractivity contribution in [2.45, 2.75) is 27.2 Å². The van der Waals surface area contributed by atoms with Gasteiger partial charge in [0.05, 0.1) is 34.2 Å². The third-order valence-corrected chi connectivity index (χ3v) is 23.0. The number of hydrogen-bond donors (Lipinski definition) is 0. The van der Waals surface area contributed by atoms with E-state index in [9.17, 15) is 0 Å². The first-order valence-electron chi connectivity index (χ1n) is 39.0. The van der Waals surface area contributed by atoms with Gasteiger partial charge in [0.1, 0.15) is 17.5 Å². The summed E-state index contributed by atoms with van der Waals surface area (Å²) in [5.74, 6) is 2.11. The Kier molecular flexibility index (Phi) is 16.5. The standard InChI is InChI=1S/C106H72N8/c1-4-68-47-52-100(112-106(68)92-42-22-31-70-24-6-13-33-82(70)92)114(98-50-43-66(2)104(110-98)91-41-21-30-69-23-5-12-32-81(69)91)99-51-44-67(3)105(111-99)93-49-48-83(89-39-19-20-40-90(89)93)77-46-45-76-61-75-29-11-18-38-88(75)103(94(76)62-77)97-65-80(55-58-109-97)113(78-53-56-107-95(63-78)101-84-34-14-7-25-71(84)59-72-26-8-15-35-85(72)101)79-54-57-108-96(64-79)102-86-36-16-9-27-73(86)60-74-28-10-17-37-87(74)102/h5-65H,4H2,1-3H3. The molecule has 6 aromatic heterocycles. The van der Waals surface area contributed by atoms with Gasteiger partial charge in [-0.15, -0.1) is 0 Å². The molecule has 0 N–H and O–H groups in total. The molecular formula is C106H72N8. The molecule has 6 heterocycles. The van der Waals surface area contributed by atoms with E-state index in [4.69, 9.17) is 29.9 Å². The van der Waals surface area contributed by atoms with Crippen LogP contribution in [0.3, 0.4) is 0 Å². The van der Waals surface area contributed by atoms with E-state index in [1.807, 2.05) is 18.6 Å². The quantitative estimate of drug-likeness (QED) is 0.0996. The van der Waals surface area contributed by atoms with Crippen LogP contribution in [0.1, 0.15) is 23.6 Å². The number of benzene rings is 15. The molecule has 21 aromatic rings. The van der Waals surface area contributed by atoms with Crippen molar-refractivity contribution < 1.29 is 0 Å². The lowest BCUT2D eigenvalue weighted by Crippen LogP contribution is -2.16. The summed E-state index contributed by atoms with van der Waals surface area (Å²) in [6.45, 7) is 6.51. The number of aryl methyl sites for hydroxylation is 3. The fraction of sp³-hybridized carbons (Fsp3) is 0.0377.